The highest BCUT2D eigenvalue weighted by molar-refractivity contribution is 6.05. The predicted octanol–water partition coefficient (Wildman–Crippen LogP) is 2.37. The molecule has 1 aliphatic rings. The van der Waals surface area contributed by atoms with Crippen molar-refractivity contribution < 1.29 is 9.90 Å². The lowest BCUT2D eigenvalue weighted by molar-refractivity contribution is 0.0796. The van der Waals surface area contributed by atoms with Crippen molar-refractivity contribution in [2.75, 3.05) is 26.2 Å². The van der Waals surface area contributed by atoms with E-state index in [2.05, 4.69) is 22.1 Å². The predicted molar refractivity (Wildman–Crippen MR) is 99.7 cm³/mol. The fourth-order valence-electron chi connectivity index (χ4n) is 3.34. The van der Waals surface area contributed by atoms with Crippen LogP contribution in [0.2, 0.25) is 0 Å². The molecule has 2 N–H and O–H groups in total. The molecule has 1 saturated heterocycles. The van der Waals surface area contributed by atoms with Crippen LogP contribution in [-0.4, -0.2) is 53.2 Å². The number of aromatic nitrogens is 1. The maximum absolute atomic E-state index is 12.5. The van der Waals surface area contributed by atoms with Gasteiger partial charge in [0, 0.05) is 24.2 Å². The first-order valence-electron chi connectivity index (χ1n) is 9.08. The number of rotatable bonds is 5. The molecule has 1 aliphatic heterocycles. The summed E-state index contributed by atoms with van der Waals surface area (Å²) in [6, 6.07) is 9.50. The molecule has 2 aromatic rings. The average Bonchev–Trinajstić information content (AvgIpc) is 2.61. The highest BCUT2D eigenvalue weighted by atomic mass is 16.3. The van der Waals surface area contributed by atoms with E-state index in [1.54, 1.807) is 6.07 Å². The first kappa shape index (κ1) is 17.8. The van der Waals surface area contributed by atoms with Crippen molar-refractivity contribution in [3.63, 3.8) is 0 Å². The molecule has 1 atom stereocenters. The van der Waals surface area contributed by atoms with Crippen LogP contribution >= 0.6 is 0 Å². The first-order chi connectivity index (χ1) is 12.0. The van der Waals surface area contributed by atoms with E-state index in [4.69, 9.17) is 0 Å². The van der Waals surface area contributed by atoms with Crippen LogP contribution in [0.3, 0.4) is 0 Å². The summed E-state index contributed by atoms with van der Waals surface area (Å²) in [7, 11) is 0. The maximum atomic E-state index is 12.5. The van der Waals surface area contributed by atoms with Crippen molar-refractivity contribution in [3.8, 4) is 0 Å². The largest absolute Gasteiger partial charge is 0.390 e. The third-order valence-corrected chi connectivity index (χ3v) is 4.95. The summed E-state index contributed by atoms with van der Waals surface area (Å²) < 4.78 is 0. The minimum atomic E-state index is -0.554. The van der Waals surface area contributed by atoms with Gasteiger partial charge in [0.25, 0.3) is 5.91 Å². The molecule has 5 nitrogen and oxygen atoms in total. The lowest BCUT2D eigenvalue weighted by Gasteiger charge is -2.31. The lowest BCUT2D eigenvalue weighted by Crippen LogP contribution is -2.43. The number of carbonyl (C=O) groups is 1. The van der Waals surface area contributed by atoms with Gasteiger partial charge in [0.1, 0.15) is 0 Å². The minimum Gasteiger partial charge on any atom is -0.390 e. The number of hydrogen-bond donors (Lipinski definition) is 2. The number of piperidine rings is 1. The zero-order chi connectivity index (χ0) is 17.8. The SMILES string of the molecule is Cc1ccc2cccc(C(=O)NCC(O)CN3CCC(C)CC3)c2n1. The molecule has 0 radical (unpaired) electrons. The van der Waals surface area contributed by atoms with Crippen LogP contribution < -0.4 is 5.32 Å². The van der Waals surface area contributed by atoms with E-state index in [9.17, 15) is 9.90 Å². The minimum absolute atomic E-state index is 0.185. The summed E-state index contributed by atoms with van der Waals surface area (Å²) in [6.45, 7) is 7.11. The van der Waals surface area contributed by atoms with Gasteiger partial charge in [0.05, 0.1) is 17.2 Å². The number of β-amino-alcohol motifs (C(OH)–C–C–N with tert-alkyl or cyclic N) is 1. The number of fused-ring (bicyclic) bond motifs is 1. The fraction of sp³-hybridized carbons (Fsp3) is 0.500. The highest BCUT2D eigenvalue weighted by Crippen LogP contribution is 2.18. The third-order valence-electron chi connectivity index (χ3n) is 4.95. The van der Waals surface area contributed by atoms with Crippen LogP contribution in [0, 0.1) is 12.8 Å². The highest BCUT2D eigenvalue weighted by Gasteiger charge is 2.19. The quantitative estimate of drug-likeness (QED) is 0.876. The number of likely N-dealkylation sites (tertiary alicyclic amines) is 1. The number of para-hydroxylation sites is 1. The number of carbonyl (C=O) groups excluding carboxylic acids is 1. The van der Waals surface area contributed by atoms with Crippen molar-refractivity contribution in [3.05, 3.63) is 41.6 Å². The molecule has 2 heterocycles. The Morgan fingerprint density at radius 3 is 2.84 bits per heavy atom. The van der Waals surface area contributed by atoms with Gasteiger partial charge in [-0.2, -0.15) is 0 Å². The Balaban J connectivity index is 1.58. The Kier molecular flexibility index (Phi) is 5.66. The summed E-state index contributed by atoms with van der Waals surface area (Å²) in [4.78, 5) is 19.3. The van der Waals surface area contributed by atoms with Crippen LogP contribution in [0.15, 0.2) is 30.3 Å². The van der Waals surface area contributed by atoms with Gasteiger partial charge in [-0.1, -0.05) is 25.1 Å². The monoisotopic (exact) mass is 341 g/mol. The molecule has 0 saturated carbocycles. The third kappa shape index (κ3) is 4.55. The van der Waals surface area contributed by atoms with Crippen LogP contribution in [0.1, 0.15) is 35.8 Å². The van der Waals surface area contributed by atoms with Gasteiger partial charge < -0.3 is 15.3 Å². The number of aliphatic hydroxyl groups excluding tert-OH is 1. The molecular formula is C20H27N3O2. The topological polar surface area (TPSA) is 65.5 Å². The summed E-state index contributed by atoms with van der Waals surface area (Å²) >= 11 is 0. The van der Waals surface area contributed by atoms with Gasteiger partial charge in [-0.05, 0) is 50.9 Å². The second-order valence-corrected chi connectivity index (χ2v) is 7.18. The Hall–Kier alpha value is -1.98. The molecule has 0 aliphatic carbocycles. The van der Waals surface area contributed by atoms with Crippen molar-refractivity contribution in [2.24, 2.45) is 5.92 Å². The van der Waals surface area contributed by atoms with Crippen molar-refractivity contribution in [2.45, 2.75) is 32.8 Å². The van der Waals surface area contributed by atoms with E-state index >= 15 is 0 Å². The average molecular weight is 341 g/mol. The molecule has 5 heteroatoms. The molecule has 1 aromatic carbocycles. The maximum Gasteiger partial charge on any atom is 0.253 e. The van der Waals surface area contributed by atoms with Crippen LogP contribution in [0.4, 0.5) is 0 Å². The number of aryl methyl sites for hydroxylation is 1. The zero-order valence-corrected chi connectivity index (χ0v) is 15.0. The van der Waals surface area contributed by atoms with Crippen LogP contribution in [0.25, 0.3) is 10.9 Å². The van der Waals surface area contributed by atoms with Gasteiger partial charge in [-0.3, -0.25) is 9.78 Å². The van der Waals surface area contributed by atoms with Gasteiger partial charge in [-0.15, -0.1) is 0 Å². The van der Waals surface area contributed by atoms with Crippen LogP contribution in [-0.2, 0) is 0 Å². The van der Waals surface area contributed by atoms with Crippen molar-refractivity contribution in [1.82, 2.24) is 15.2 Å². The summed E-state index contributed by atoms with van der Waals surface area (Å²) in [5, 5.41) is 14.0. The normalized spacial score (nSPS) is 17.6. The molecular weight excluding hydrogens is 314 g/mol. The molecule has 134 valence electrons. The second-order valence-electron chi connectivity index (χ2n) is 7.18. The number of nitrogens with zero attached hydrogens (tertiary/aromatic N) is 2. The Morgan fingerprint density at radius 1 is 1.32 bits per heavy atom. The number of nitrogens with one attached hydrogen (secondary N) is 1. The van der Waals surface area contributed by atoms with Gasteiger partial charge >= 0.3 is 0 Å². The molecule has 1 fully saturated rings. The van der Waals surface area contributed by atoms with Gasteiger partial charge in [0.2, 0.25) is 0 Å². The van der Waals surface area contributed by atoms with E-state index in [1.165, 1.54) is 12.8 Å². The van der Waals surface area contributed by atoms with E-state index in [0.717, 1.165) is 30.1 Å². The molecule has 1 aromatic heterocycles. The van der Waals surface area contributed by atoms with E-state index in [1.807, 2.05) is 31.2 Å². The fourth-order valence-corrected chi connectivity index (χ4v) is 3.34. The number of amides is 1. The smallest absolute Gasteiger partial charge is 0.253 e. The molecule has 0 spiro atoms. The first-order valence-corrected chi connectivity index (χ1v) is 9.08. The standard InChI is InChI=1S/C20H27N3O2/c1-14-8-10-23(11-9-14)13-17(24)12-21-20(25)18-5-3-4-16-7-6-15(2)22-19(16)18/h3-7,14,17,24H,8-13H2,1-2H3,(H,21,25). The number of hydrogen-bond acceptors (Lipinski definition) is 4. The van der Waals surface area contributed by atoms with Crippen LogP contribution in [0.5, 0.6) is 0 Å². The number of aliphatic hydroxyl groups is 1. The molecule has 25 heavy (non-hydrogen) atoms. The molecule has 1 unspecified atom stereocenters. The number of benzene rings is 1. The van der Waals surface area contributed by atoms with E-state index in [0.29, 0.717) is 17.6 Å². The number of pyridine rings is 1. The Bertz CT molecular complexity index is 739. The van der Waals surface area contributed by atoms with Crippen molar-refractivity contribution in [1.29, 1.82) is 0 Å². The Labute approximate surface area is 149 Å². The molecule has 0 bridgehead atoms. The van der Waals surface area contributed by atoms with E-state index in [-0.39, 0.29) is 12.5 Å². The summed E-state index contributed by atoms with van der Waals surface area (Å²) in [5.41, 5.74) is 2.15. The van der Waals surface area contributed by atoms with Gasteiger partial charge in [-0.25, -0.2) is 0 Å². The summed E-state index contributed by atoms with van der Waals surface area (Å²) in [5.74, 6) is 0.588. The lowest BCUT2D eigenvalue weighted by atomic mass is 9.99. The van der Waals surface area contributed by atoms with Crippen molar-refractivity contribution >= 4 is 16.8 Å². The van der Waals surface area contributed by atoms with E-state index < -0.39 is 6.10 Å². The molecule has 3 rings (SSSR count). The summed E-state index contributed by atoms with van der Waals surface area (Å²) in [6.07, 6.45) is 1.81. The second kappa shape index (κ2) is 7.93. The zero-order valence-electron chi connectivity index (χ0n) is 15.0. The Morgan fingerprint density at radius 2 is 2.08 bits per heavy atom. The van der Waals surface area contributed by atoms with Gasteiger partial charge in [0.15, 0.2) is 0 Å². The molecule has 1 amide bonds.